The van der Waals surface area contributed by atoms with Crippen molar-refractivity contribution in [1.82, 2.24) is 9.78 Å². The van der Waals surface area contributed by atoms with Gasteiger partial charge < -0.3 is 0 Å². The van der Waals surface area contributed by atoms with Gasteiger partial charge in [-0.3, -0.25) is 4.68 Å². The SMILES string of the molecule is [Ir].[c-]1ccccc1-n1cc(C(c2ccccc2)c2ccccc2)cn1. The fourth-order valence-corrected chi connectivity index (χ4v) is 3.01. The fraction of sp³-hybridized carbons (Fsp3) is 0.0455. The smallest absolute Gasteiger partial charge is 0.0534 e. The number of hydrogen-bond acceptors (Lipinski definition) is 1. The summed E-state index contributed by atoms with van der Waals surface area (Å²) in [5, 5.41) is 4.54. The minimum atomic E-state index is 0. The van der Waals surface area contributed by atoms with Gasteiger partial charge in [-0.1, -0.05) is 60.7 Å². The molecule has 4 rings (SSSR count). The van der Waals surface area contributed by atoms with Gasteiger partial charge in [-0.25, -0.2) is 0 Å². The molecule has 0 atom stereocenters. The summed E-state index contributed by atoms with van der Waals surface area (Å²) in [6.45, 7) is 0. The van der Waals surface area contributed by atoms with E-state index in [1.54, 1.807) is 0 Å². The molecule has 3 aromatic carbocycles. The van der Waals surface area contributed by atoms with Gasteiger partial charge in [-0.15, -0.1) is 6.07 Å². The average Bonchev–Trinajstić information content (AvgIpc) is 3.14. The van der Waals surface area contributed by atoms with Crippen LogP contribution in [0.25, 0.3) is 5.69 Å². The van der Waals surface area contributed by atoms with Crippen LogP contribution in [0, 0.1) is 6.07 Å². The van der Waals surface area contributed by atoms with E-state index in [0.29, 0.717) is 0 Å². The maximum atomic E-state index is 4.54. The second-order valence-corrected chi connectivity index (χ2v) is 5.72. The van der Waals surface area contributed by atoms with Gasteiger partial charge in [-0.05, 0) is 16.8 Å². The van der Waals surface area contributed by atoms with Crippen molar-refractivity contribution in [3.63, 3.8) is 0 Å². The molecule has 2 nitrogen and oxygen atoms in total. The third-order valence-corrected chi connectivity index (χ3v) is 4.14. The molecule has 0 N–H and O–H groups in total. The fourth-order valence-electron chi connectivity index (χ4n) is 3.01. The monoisotopic (exact) mass is 502 g/mol. The van der Waals surface area contributed by atoms with Crippen LogP contribution in [0.1, 0.15) is 22.6 Å². The molecule has 3 heteroatoms. The summed E-state index contributed by atoms with van der Waals surface area (Å²) in [5.41, 5.74) is 4.65. The normalized spacial score (nSPS) is 10.4. The van der Waals surface area contributed by atoms with Gasteiger partial charge >= 0.3 is 0 Å². The first-order chi connectivity index (χ1) is 11.9. The topological polar surface area (TPSA) is 17.8 Å². The van der Waals surface area contributed by atoms with Crippen molar-refractivity contribution in [2.75, 3.05) is 0 Å². The zero-order valence-electron chi connectivity index (χ0n) is 13.5. The molecular weight excluding hydrogens is 484 g/mol. The third kappa shape index (κ3) is 3.79. The van der Waals surface area contributed by atoms with Crippen LogP contribution in [0.5, 0.6) is 0 Å². The predicted octanol–water partition coefficient (Wildman–Crippen LogP) is 4.85. The summed E-state index contributed by atoms with van der Waals surface area (Å²) < 4.78 is 1.88. The Balaban J connectivity index is 0.00000182. The second kappa shape index (κ2) is 8.06. The van der Waals surface area contributed by atoms with Crippen LogP contribution < -0.4 is 0 Å². The maximum absolute atomic E-state index is 4.54. The van der Waals surface area contributed by atoms with Crippen molar-refractivity contribution in [1.29, 1.82) is 0 Å². The number of para-hydroxylation sites is 1. The number of rotatable bonds is 4. The molecule has 1 heterocycles. The van der Waals surface area contributed by atoms with Crippen LogP contribution in [0.3, 0.4) is 0 Å². The van der Waals surface area contributed by atoms with Gasteiger partial charge in [0, 0.05) is 37.8 Å². The summed E-state index contributed by atoms with van der Waals surface area (Å²) in [6.07, 6.45) is 4.04. The number of aromatic nitrogens is 2. The zero-order valence-corrected chi connectivity index (χ0v) is 15.9. The molecule has 0 amide bonds. The van der Waals surface area contributed by atoms with Crippen LogP contribution in [0.2, 0.25) is 0 Å². The number of nitrogens with zero attached hydrogens (tertiary/aromatic N) is 2. The van der Waals surface area contributed by atoms with Crippen molar-refractivity contribution >= 4 is 0 Å². The molecule has 4 aromatic rings. The predicted molar refractivity (Wildman–Crippen MR) is 96.2 cm³/mol. The summed E-state index contributed by atoms with van der Waals surface area (Å²) in [7, 11) is 0. The number of hydrogen-bond donors (Lipinski definition) is 0. The molecule has 0 saturated heterocycles. The van der Waals surface area contributed by atoms with Crippen molar-refractivity contribution < 1.29 is 20.1 Å². The van der Waals surface area contributed by atoms with Crippen molar-refractivity contribution in [2.24, 2.45) is 0 Å². The Morgan fingerprint density at radius 2 is 1.32 bits per heavy atom. The molecule has 0 aliphatic carbocycles. The number of benzene rings is 3. The maximum Gasteiger partial charge on any atom is 0.0534 e. The standard InChI is InChI=1S/C22H17N2.Ir/c1-4-10-18(11-5-1)22(19-12-6-2-7-13-19)20-16-23-24(17-20)21-14-8-3-9-15-21;/h1-14,16-17,22H;/q-1;. The van der Waals surface area contributed by atoms with Gasteiger partial charge in [-0.2, -0.15) is 29.4 Å². The van der Waals surface area contributed by atoms with Gasteiger partial charge in [0.05, 0.1) is 6.20 Å². The Morgan fingerprint density at radius 1 is 0.720 bits per heavy atom. The Labute approximate surface area is 161 Å². The second-order valence-electron chi connectivity index (χ2n) is 5.72. The molecule has 0 aliphatic rings. The molecule has 0 saturated carbocycles. The summed E-state index contributed by atoms with van der Waals surface area (Å²) in [5.74, 6) is 0.171. The molecule has 1 radical (unpaired) electrons. The summed E-state index contributed by atoms with van der Waals surface area (Å²) in [6, 6.07) is 32.2. The Bertz CT molecular complexity index is 863. The van der Waals surface area contributed by atoms with E-state index >= 15 is 0 Å². The minimum Gasteiger partial charge on any atom is -0.265 e. The first-order valence-corrected chi connectivity index (χ1v) is 8.03. The van der Waals surface area contributed by atoms with Crippen molar-refractivity contribution in [3.8, 4) is 5.69 Å². The van der Waals surface area contributed by atoms with E-state index < -0.39 is 0 Å². The van der Waals surface area contributed by atoms with E-state index in [1.165, 1.54) is 16.7 Å². The summed E-state index contributed by atoms with van der Waals surface area (Å²) in [4.78, 5) is 0. The van der Waals surface area contributed by atoms with Gasteiger partial charge in [0.1, 0.15) is 0 Å². The Morgan fingerprint density at radius 3 is 1.88 bits per heavy atom. The summed E-state index contributed by atoms with van der Waals surface area (Å²) >= 11 is 0. The van der Waals surface area contributed by atoms with E-state index in [9.17, 15) is 0 Å². The van der Waals surface area contributed by atoms with Crippen molar-refractivity contribution in [2.45, 2.75) is 5.92 Å². The van der Waals surface area contributed by atoms with Gasteiger partial charge in [0.25, 0.3) is 0 Å². The van der Waals surface area contributed by atoms with E-state index in [0.717, 1.165) is 5.69 Å². The molecule has 0 fully saturated rings. The van der Waals surface area contributed by atoms with Crippen LogP contribution in [0.4, 0.5) is 0 Å². The molecule has 0 spiro atoms. The third-order valence-electron chi connectivity index (χ3n) is 4.14. The van der Waals surface area contributed by atoms with Crippen LogP contribution in [0.15, 0.2) is 97.3 Å². The van der Waals surface area contributed by atoms with E-state index in [1.807, 2.05) is 47.3 Å². The molecule has 1 aromatic heterocycles. The molecular formula is C22H17IrN2-. The quantitative estimate of drug-likeness (QED) is 0.366. The first kappa shape index (κ1) is 17.3. The zero-order chi connectivity index (χ0) is 16.2. The Hall–Kier alpha value is -2.48. The van der Waals surface area contributed by atoms with Crippen LogP contribution >= 0.6 is 0 Å². The molecule has 25 heavy (non-hydrogen) atoms. The van der Waals surface area contributed by atoms with Gasteiger partial charge in [0.15, 0.2) is 0 Å². The van der Waals surface area contributed by atoms with Crippen LogP contribution in [-0.4, -0.2) is 9.78 Å². The van der Waals surface area contributed by atoms with E-state index in [2.05, 4.69) is 65.9 Å². The van der Waals surface area contributed by atoms with Crippen LogP contribution in [-0.2, 0) is 20.1 Å². The molecule has 0 aliphatic heterocycles. The van der Waals surface area contributed by atoms with Crippen molar-refractivity contribution in [3.05, 3.63) is 120 Å². The first-order valence-electron chi connectivity index (χ1n) is 8.03. The van der Waals surface area contributed by atoms with E-state index in [4.69, 9.17) is 0 Å². The largest absolute Gasteiger partial charge is 0.265 e. The van der Waals surface area contributed by atoms with E-state index in [-0.39, 0.29) is 26.0 Å². The Kier molecular flexibility index (Phi) is 5.60. The molecule has 125 valence electrons. The average molecular weight is 502 g/mol. The minimum absolute atomic E-state index is 0. The molecule has 0 unspecified atom stereocenters. The molecule has 0 bridgehead atoms. The van der Waals surface area contributed by atoms with Gasteiger partial charge in [0.2, 0.25) is 0 Å².